The number of amides is 2. The van der Waals surface area contributed by atoms with Crippen LogP contribution < -0.4 is 43.4 Å². The van der Waals surface area contributed by atoms with Crippen LogP contribution >= 0.6 is 0 Å². The smallest absolute Gasteiger partial charge is 0.360 e. The number of carboxylic acid groups (broad SMARTS) is 1. The first-order valence-corrected chi connectivity index (χ1v) is 18.4. The minimum Gasteiger partial charge on any atom is -0.476 e. The summed E-state index contributed by atoms with van der Waals surface area (Å²) in [5.41, 5.74) is 28.2. The van der Waals surface area contributed by atoms with Crippen molar-refractivity contribution in [1.29, 1.82) is 0 Å². The zero-order valence-corrected chi connectivity index (χ0v) is 33.4. The molecule has 0 saturated heterocycles. The lowest BCUT2D eigenvalue weighted by Crippen LogP contribution is -2.33. The lowest BCUT2D eigenvalue weighted by atomic mass is 10.1. The number of rotatable bonds is 14. The molecule has 6 rings (SSSR count). The quantitative estimate of drug-likeness (QED) is 0.0776. The number of hydrogen-bond acceptors (Lipinski definition) is 17. The van der Waals surface area contributed by atoms with Gasteiger partial charge in [-0.15, -0.1) is 0 Å². The third-order valence-corrected chi connectivity index (χ3v) is 8.97. The molecule has 0 spiro atoms. The van der Waals surface area contributed by atoms with Crippen molar-refractivity contribution in [2.75, 3.05) is 80.1 Å². The topological polar surface area (TPSA) is 310 Å². The van der Waals surface area contributed by atoms with Crippen molar-refractivity contribution in [1.82, 2.24) is 40.5 Å². The van der Waals surface area contributed by atoms with Gasteiger partial charge in [-0.2, -0.15) is 0 Å². The first-order valence-electron chi connectivity index (χ1n) is 18.4. The Morgan fingerprint density at radius 2 is 1.10 bits per heavy atom. The summed E-state index contributed by atoms with van der Waals surface area (Å²) in [4.78, 5) is 76.0. The van der Waals surface area contributed by atoms with Crippen LogP contribution in [-0.2, 0) is 4.74 Å². The van der Waals surface area contributed by atoms with Crippen LogP contribution in [0.2, 0.25) is 0 Å². The van der Waals surface area contributed by atoms with Gasteiger partial charge in [0.1, 0.15) is 0 Å². The SMILES string of the molecule is CN(CCNC(=O)c1cccc(-c2cnc(N)c(C(=O)O)n2)c1)c1ccncc1N.COC(=O)c1nc(-c2cccc(C(=O)NCCN(C)c3ccncc3N)c2)cnc1N. The molecule has 0 atom stereocenters. The highest BCUT2D eigenvalue weighted by Gasteiger charge is 2.17. The Morgan fingerprint density at radius 3 is 1.52 bits per heavy atom. The molecule has 0 saturated carbocycles. The van der Waals surface area contributed by atoms with Gasteiger partial charge < -0.3 is 53.2 Å². The summed E-state index contributed by atoms with van der Waals surface area (Å²) in [6.45, 7) is 1.91. The van der Waals surface area contributed by atoms with Crippen molar-refractivity contribution < 1.29 is 29.0 Å². The largest absolute Gasteiger partial charge is 0.476 e. The summed E-state index contributed by atoms with van der Waals surface area (Å²) < 4.78 is 4.67. The van der Waals surface area contributed by atoms with Crippen LogP contribution in [0.3, 0.4) is 0 Å². The van der Waals surface area contributed by atoms with Gasteiger partial charge >= 0.3 is 11.9 Å². The number of likely N-dealkylation sites (N-methyl/N-ethyl adjacent to an activating group) is 2. The van der Waals surface area contributed by atoms with Gasteiger partial charge in [0.15, 0.2) is 23.0 Å². The predicted octanol–water partition coefficient (Wildman–Crippen LogP) is 2.62. The summed E-state index contributed by atoms with van der Waals surface area (Å²) in [7, 11) is 5.00. The van der Waals surface area contributed by atoms with Gasteiger partial charge in [0.2, 0.25) is 0 Å². The molecule has 6 aromatic rings. The van der Waals surface area contributed by atoms with Crippen molar-refractivity contribution >= 4 is 58.1 Å². The molecule has 2 amide bonds. The summed E-state index contributed by atoms with van der Waals surface area (Å²) in [5, 5.41) is 14.9. The Labute approximate surface area is 350 Å². The summed E-state index contributed by atoms with van der Waals surface area (Å²) in [5.74, 6) is -2.65. The van der Waals surface area contributed by atoms with Crippen molar-refractivity contribution in [3.8, 4) is 22.5 Å². The van der Waals surface area contributed by atoms with Crippen LogP contribution in [0.25, 0.3) is 22.5 Å². The number of nitrogens with one attached hydrogen (secondary N) is 2. The molecule has 4 aromatic heterocycles. The molecular formula is C41H44N14O6. The number of benzene rings is 2. The van der Waals surface area contributed by atoms with Gasteiger partial charge in [-0.05, 0) is 36.4 Å². The number of ether oxygens (including phenoxy) is 1. The summed E-state index contributed by atoms with van der Waals surface area (Å²) in [6, 6.07) is 17.1. The van der Waals surface area contributed by atoms with E-state index in [9.17, 15) is 19.2 Å². The molecule has 4 heterocycles. The van der Waals surface area contributed by atoms with Crippen molar-refractivity contribution in [3.05, 3.63) is 120 Å². The monoisotopic (exact) mass is 828 g/mol. The Balaban J connectivity index is 0.000000231. The lowest BCUT2D eigenvalue weighted by molar-refractivity contribution is 0.0593. The fourth-order valence-electron chi connectivity index (χ4n) is 5.73. The molecule has 61 heavy (non-hydrogen) atoms. The number of nitrogen functional groups attached to an aromatic ring is 4. The van der Waals surface area contributed by atoms with Gasteiger partial charge in [0.25, 0.3) is 11.8 Å². The summed E-state index contributed by atoms with van der Waals surface area (Å²) >= 11 is 0. The fourth-order valence-corrected chi connectivity index (χ4v) is 5.73. The third-order valence-electron chi connectivity index (χ3n) is 8.97. The molecule has 20 nitrogen and oxygen atoms in total. The van der Waals surface area contributed by atoms with Crippen LogP contribution in [-0.4, -0.2) is 106 Å². The first-order chi connectivity index (χ1) is 29.3. The van der Waals surface area contributed by atoms with Gasteiger partial charge in [-0.3, -0.25) is 19.6 Å². The average molecular weight is 829 g/mol. The zero-order valence-electron chi connectivity index (χ0n) is 33.4. The first kappa shape index (κ1) is 43.7. The minimum absolute atomic E-state index is 0.0246. The highest BCUT2D eigenvalue weighted by Crippen LogP contribution is 2.23. The number of carboxylic acids is 1. The number of esters is 1. The number of carbonyl (C=O) groups excluding carboxylic acids is 3. The number of methoxy groups -OCH3 is 1. The van der Waals surface area contributed by atoms with E-state index in [0.717, 1.165) is 11.4 Å². The number of pyridine rings is 2. The Hall–Kier alpha value is -8.42. The van der Waals surface area contributed by atoms with Gasteiger partial charge in [-0.1, -0.05) is 24.3 Å². The fraction of sp³-hybridized carbons (Fsp3) is 0.171. The Bertz CT molecular complexity index is 2540. The second-order valence-corrected chi connectivity index (χ2v) is 13.2. The van der Waals surface area contributed by atoms with Gasteiger partial charge in [0, 0.05) is 74.9 Å². The number of aromatic carboxylic acids is 1. The average Bonchev–Trinajstić information content (AvgIpc) is 3.26. The highest BCUT2D eigenvalue weighted by molar-refractivity contribution is 5.97. The van der Waals surface area contributed by atoms with Crippen molar-refractivity contribution in [2.45, 2.75) is 0 Å². The van der Waals surface area contributed by atoms with Gasteiger partial charge in [0.05, 0.1) is 66.0 Å². The number of nitrogens with two attached hydrogens (primary N) is 4. The number of aromatic nitrogens is 6. The second kappa shape index (κ2) is 20.3. The number of hydrogen-bond donors (Lipinski definition) is 7. The van der Waals surface area contributed by atoms with E-state index in [1.165, 1.54) is 19.5 Å². The third kappa shape index (κ3) is 11.4. The molecule has 0 fully saturated rings. The lowest BCUT2D eigenvalue weighted by Gasteiger charge is -2.20. The van der Waals surface area contributed by atoms with Gasteiger partial charge in [-0.25, -0.2) is 29.5 Å². The second-order valence-electron chi connectivity index (χ2n) is 13.2. The van der Waals surface area contributed by atoms with E-state index < -0.39 is 11.9 Å². The van der Waals surface area contributed by atoms with E-state index in [0.29, 0.717) is 71.2 Å². The molecule has 0 aliphatic carbocycles. The van der Waals surface area contributed by atoms with E-state index in [1.54, 1.807) is 79.4 Å². The van der Waals surface area contributed by atoms with E-state index in [-0.39, 0.29) is 34.8 Å². The van der Waals surface area contributed by atoms with Crippen LogP contribution in [0.15, 0.2) is 97.8 Å². The van der Waals surface area contributed by atoms with Crippen molar-refractivity contribution in [2.24, 2.45) is 0 Å². The van der Waals surface area contributed by atoms with E-state index in [4.69, 9.17) is 28.0 Å². The number of carbonyl (C=O) groups is 4. The molecular weight excluding hydrogens is 785 g/mol. The van der Waals surface area contributed by atoms with E-state index in [2.05, 4.69) is 45.3 Å². The molecule has 0 bridgehead atoms. The van der Waals surface area contributed by atoms with Crippen LogP contribution in [0.4, 0.5) is 34.4 Å². The Morgan fingerprint density at radius 1 is 0.656 bits per heavy atom. The molecule has 2 aromatic carbocycles. The number of nitrogens with zero attached hydrogens (tertiary/aromatic N) is 8. The predicted molar refractivity (Wildman–Crippen MR) is 231 cm³/mol. The molecule has 11 N–H and O–H groups in total. The maximum atomic E-state index is 12.6. The molecule has 0 aliphatic rings. The van der Waals surface area contributed by atoms with Crippen molar-refractivity contribution in [3.63, 3.8) is 0 Å². The molecule has 314 valence electrons. The molecule has 0 aliphatic heterocycles. The van der Waals surface area contributed by atoms with Crippen LogP contribution in [0.5, 0.6) is 0 Å². The highest BCUT2D eigenvalue weighted by atomic mass is 16.5. The normalized spacial score (nSPS) is 10.4. The standard InChI is InChI=1S/C21H23N7O3.C20H21N7O3/c1-28(17-6-7-24-11-15(17)22)9-8-25-20(29)14-5-3-4-13(10-14)16-12-26-19(23)18(27-16)21(30)31-2;1-27(16-5-6-23-10-14(16)21)8-7-24-19(28)13-4-2-3-12(9-13)15-11-25-18(22)17(26-15)20(29)30/h3-7,10-12H,8-9,22H2,1-2H3,(H2,23,26)(H,25,29);2-6,9-11H,7-8,21H2,1H3,(H2,22,25)(H,24,28)(H,29,30). The zero-order chi connectivity index (χ0) is 44.1. The Kier molecular flexibility index (Phi) is 14.6. The molecule has 0 radical (unpaired) electrons. The maximum Gasteiger partial charge on any atom is 0.360 e. The van der Waals surface area contributed by atoms with Crippen LogP contribution in [0, 0.1) is 0 Å². The van der Waals surface area contributed by atoms with E-state index in [1.807, 2.05) is 30.0 Å². The molecule has 0 unspecified atom stereocenters. The van der Waals surface area contributed by atoms with Crippen LogP contribution in [0.1, 0.15) is 41.7 Å². The van der Waals surface area contributed by atoms with E-state index >= 15 is 0 Å². The number of anilines is 6. The maximum absolute atomic E-state index is 12.6. The molecule has 20 heteroatoms. The summed E-state index contributed by atoms with van der Waals surface area (Å²) in [6.07, 6.45) is 9.28. The minimum atomic E-state index is -1.27.